The maximum atomic E-state index is 14.8. The van der Waals surface area contributed by atoms with Gasteiger partial charge in [-0.3, -0.25) is 27.6 Å². The molecule has 314 valence electrons. The number of rotatable bonds is 6. The summed E-state index contributed by atoms with van der Waals surface area (Å²) in [6, 6.07) is 4.26. The molecule has 0 radical (unpaired) electrons. The lowest BCUT2D eigenvalue weighted by molar-refractivity contribution is -0.160. The van der Waals surface area contributed by atoms with Gasteiger partial charge >= 0.3 is 28.7 Å². The van der Waals surface area contributed by atoms with Gasteiger partial charge in [0, 0.05) is 64.6 Å². The first-order valence-electron chi connectivity index (χ1n) is 17.1. The number of hydrogen-bond acceptors (Lipinski definition) is 13. The van der Waals surface area contributed by atoms with Crippen molar-refractivity contribution in [1.29, 1.82) is 0 Å². The molecule has 2 atom stereocenters. The first kappa shape index (κ1) is 43.4. The molecular formula is C35H30Cl2F2N10O9S2. The molecule has 2 aromatic carbocycles. The van der Waals surface area contributed by atoms with E-state index in [-0.39, 0.29) is 66.4 Å². The van der Waals surface area contributed by atoms with Crippen molar-refractivity contribution in [3.05, 3.63) is 127 Å². The lowest BCUT2D eigenvalue weighted by Crippen LogP contribution is -2.44. The zero-order valence-corrected chi connectivity index (χ0v) is 35.1. The Bertz CT molecular complexity index is 3040. The van der Waals surface area contributed by atoms with Crippen LogP contribution in [0.1, 0.15) is 42.6 Å². The molecule has 7 rings (SSSR count). The first-order chi connectivity index (χ1) is 28.0. The zero-order valence-electron chi connectivity index (χ0n) is 32.0. The van der Waals surface area contributed by atoms with Crippen molar-refractivity contribution in [2.75, 3.05) is 0 Å². The predicted molar refractivity (Wildman–Crippen MR) is 216 cm³/mol. The summed E-state index contributed by atoms with van der Waals surface area (Å²) in [5, 5.41) is 16.9. The van der Waals surface area contributed by atoms with E-state index >= 15 is 0 Å². The normalized spacial score (nSPS) is 18.2. The fourth-order valence-corrected chi connectivity index (χ4v) is 6.89. The van der Waals surface area contributed by atoms with Crippen LogP contribution in [0.2, 0.25) is 10.0 Å². The van der Waals surface area contributed by atoms with Crippen LogP contribution in [-0.4, -0.2) is 76.6 Å². The average Bonchev–Trinajstić information content (AvgIpc) is 3.98. The smallest absolute Gasteiger partial charge is 0.351 e. The van der Waals surface area contributed by atoms with Gasteiger partial charge in [0.25, 0.3) is 5.91 Å². The Balaban J connectivity index is 0.000000203. The molecule has 2 unspecified atom stereocenters. The summed E-state index contributed by atoms with van der Waals surface area (Å²) >= 11 is 22.4. The molecule has 1 N–H and O–H groups in total. The van der Waals surface area contributed by atoms with E-state index in [1.165, 1.54) is 64.5 Å². The molecule has 0 saturated heterocycles. The lowest BCUT2D eigenvalue weighted by Gasteiger charge is -2.19. The van der Waals surface area contributed by atoms with E-state index in [4.69, 9.17) is 57.3 Å². The number of benzene rings is 2. The number of oxime groups is 2. The van der Waals surface area contributed by atoms with Gasteiger partial charge in [-0.2, -0.15) is 0 Å². The molecule has 0 amide bonds. The number of nitrogens with zero attached hydrogens (tertiary/aromatic N) is 10. The van der Waals surface area contributed by atoms with Crippen LogP contribution < -0.4 is 22.8 Å². The quantitative estimate of drug-likeness (QED) is 0.244. The fraction of sp³-hybridized carbons (Fsp3) is 0.286. The molecule has 60 heavy (non-hydrogen) atoms. The van der Waals surface area contributed by atoms with Crippen molar-refractivity contribution < 1.29 is 33.2 Å². The van der Waals surface area contributed by atoms with Crippen LogP contribution in [0.3, 0.4) is 0 Å². The first-order valence-corrected chi connectivity index (χ1v) is 18.6. The number of aliphatic carboxylic acids is 1. The molecule has 0 bridgehead atoms. The number of carboxylic acids is 1. The monoisotopic (exact) mass is 906 g/mol. The molecule has 2 aliphatic rings. The number of carboxylic acid groups (broad SMARTS) is 1. The third kappa shape index (κ3) is 7.37. The summed E-state index contributed by atoms with van der Waals surface area (Å²) in [5.74, 6) is -3.47. The molecule has 5 aromatic rings. The van der Waals surface area contributed by atoms with Gasteiger partial charge in [-0.15, -0.1) is 0 Å². The summed E-state index contributed by atoms with van der Waals surface area (Å²) in [6.45, 7) is 2.87. The van der Waals surface area contributed by atoms with Crippen LogP contribution in [-0.2, 0) is 42.7 Å². The van der Waals surface area contributed by atoms with Gasteiger partial charge in [-0.1, -0.05) is 33.5 Å². The third-order valence-corrected chi connectivity index (χ3v) is 11.3. The number of hydrogen-bond donors (Lipinski definition) is 1. The standard InChI is InChI=1S/C19H16ClFN6O4S.C16H14ClFN4O5S/c1-19(15(28)26-5-4-22-9-26)8-13(23-31-19)10-6-14(12(21)7-11(10)20)27-16(29)24(2)18(32)25(3)17(27)30;1-16(12(23)24)6-10(19-27-16)7-4-11(9(18)5-8(7)17)22-13(25)20(2)15(28)21(3)14(22)26/h4-7,9H,8H2,1-3H3;4-5H,6H2,1-3H3,(H,23,24). The maximum absolute atomic E-state index is 14.8. The van der Waals surface area contributed by atoms with Gasteiger partial charge in [0.15, 0.2) is 9.54 Å². The lowest BCUT2D eigenvalue weighted by atomic mass is 9.94. The Hall–Kier alpha value is -6.17. The van der Waals surface area contributed by atoms with Gasteiger partial charge in [0.2, 0.25) is 11.2 Å². The van der Waals surface area contributed by atoms with Gasteiger partial charge in [0.05, 0.1) is 32.8 Å². The van der Waals surface area contributed by atoms with Crippen LogP contribution in [0.4, 0.5) is 8.78 Å². The fourth-order valence-electron chi connectivity index (χ4n) is 6.06. The molecule has 25 heteroatoms. The van der Waals surface area contributed by atoms with Gasteiger partial charge in [-0.05, 0) is 62.5 Å². The van der Waals surface area contributed by atoms with Crippen molar-refractivity contribution in [3.8, 4) is 11.4 Å². The molecule has 0 spiro atoms. The SMILES string of the molecule is Cn1c(=S)n(C)c(=O)n(-c2cc(C3=NOC(C)(C(=O)O)C3)c(Cl)cc2F)c1=O.Cn1c(=S)n(C)c(=O)n(-c2cc(C3=NOC(C)(C(=O)n4ccnc4)C3)c(Cl)cc2F)c1=O. The third-order valence-electron chi connectivity index (χ3n) is 9.61. The Labute approximate surface area is 354 Å². The minimum Gasteiger partial charge on any atom is -0.478 e. The maximum Gasteiger partial charge on any atom is 0.351 e. The highest BCUT2D eigenvalue weighted by atomic mass is 35.5. The van der Waals surface area contributed by atoms with Crippen molar-refractivity contribution in [2.45, 2.75) is 37.9 Å². The zero-order chi connectivity index (χ0) is 44.3. The van der Waals surface area contributed by atoms with Crippen LogP contribution in [0, 0.1) is 21.2 Å². The van der Waals surface area contributed by atoms with Crippen molar-refractivity contribution >= 4 is 70.9 Å². The van der Waals surface area contributed by atoms with E-state index in [1.807, 2.05) is 0 Å². The van der Waals surface area contributed by atoms with E-state index in [0.29, 0.717) is 9.13 Å². The van der Waals surface area contributed by atoms with Gasteiger partial charge in [-0.25, -0.2) is 46.9 Å². The van der Waals surface area contributed by atoms with E-state index in [0.717, 1.165) is 36.5 Å². The Morgan fingerprint density at radius 2 is 1.10 bits per heavy atom. The summed E-state index contributed by atoms with van der Waals surface area (Å²) in [6.07, 6.45) is 4.14. The van der Waals surface area contributed by atoms with Crippen molar-refractivity contribution in [1.82, 2.24) is 37.0 Å². The van der Waals surface area contributed by atoms with Gasteiger partial charge in [0.1, 0.15) is 18.0 Å². The number of carbonyl (C=O) groups is 2. The minimum atomic E-state index is -1.60. The van der Waals surface area contributed by atoms with Crippen LogP contribution in [0.5, 0.6) is 0 Å². The van der Waals surface area contributed by atoms with Crippen molar-refractivity contribution in [2.24, 2.45) is 38.5 Å². The van der Waals surface area contributed by atoms with Crippen LogP contribution in [0.25, 0.3) is 11.4 Å². The molecular weight excluding hydrogens is 877 g/mol. The number of aromatic nitrogens is 8. The number of halogens is 4. The minimum absolute atomic E-state index is 0.0145. The van der Waals surface area contributed by atoms with Gasteiger partial charge < -0.3 is 14.8 Å². The largest absolute Gasteiger partial charge is 0.478 e. The number of imidazole rings is 1. The second kappa shape index (κ2) is 15.8. The summed E-state index contributed by atoms with van der Waals surface area (Å²) < 4.78 is 36.0. The summed E-state index contributed by atoms with van der Waals surface area (Å²) in [5.41, 5.74) is -6.25. The van der Waals surface area contributed by atoms with Crippen LogP contribution >= 0.6 is 47.6 Å². The summed E-state index contributed by atoms with van der Waals surface area (Å²) in [7, 11) is 5.44. The highest BCUT2D eigenvalue weighted by Gasteiger charge is 2.44. The molecule has 3 aromatic heterocycles. The molecule has 2 aliphatic heterocycles. The molecule has 0 aliphatic carbocycles. The van der Waals surface area contributed by atoms with E-state index in [9.17, 15) is 42.7 Å². The second-order valence-electron chi connectivity index (χ2n) is 13.8. The van der Waals surface area contributed by atoms with E-state index in [2.05, 4.69) is 15.3 Å². The Morgan fingerprint density at radius 1 is 0.717 bits per heavy atom. The van der Waals surface area contributed by atoms with E-state index in [1.54, 1.807) is 6.92 Å². The predicted octanol–water partition coefficient (Wildman–Crippen LogP) is 3.18. The highest BCUT2D eigenvalue weighted by Crippen LogP contribution is 2.33. The topological polar surface area (TPSA) is 213 Å². The van der Waals surface area contributed by atoms with Crippen molar-refractivity contribution in [3.63, 3.8) is 0 Å². The number of carbonyl (C=O) groups excluding carboxylic acids is 1. The second-order valence-corrected chi connectivity index (χ2v) is 15.4. The summed E-state index contributed by atoms with van der Waals surface area (Å²) in [4.78, 5) is 88.8. The molecule has 0 saturated carbocycles. The Morgan fingerprint density at radius 3 is 1.45 bits per heavy atom. The highest BCUT2D eigenvalue weighted by molar-refractivity contribution is 7.71. The van der Waals surface area contributed by atoms with Crippen LogP contribution in [0.15, 0.2) is 72.5 Å². The van der Waals surface area contributed by atoms with E-state index < -0.39 is 57.5 Å². The average molecular weight is 908 g/mol. The Kier molecular flexibility index (Phi) is 11.4. The molecule has 5 heterocycles. The molecule has 19 nitrogen and oxygen atoms in total. The molecule has 0 fully saturated rings.